The first kappa shape index (κ1) is 14.6. The molecular formula is C14H16BrN3O2. The van der Waals surface area contributed by atoms with Gasteiger partial charge in [-0.15, -0.1) is 0 Å². The summed E-state index contributed by atoms with van der Waals surface area (Å²) in [4.78, 5) is 16.2. The Kier molecular flexibility index (Phi) is 4.79. The number of esters is 1. The van der Waals surface area contributed by atoms with Gasteiger partial charge < -0.3 is 14.6 Å². The minimum absolute atomic E-state index is 0.320. The number of nitrogens with one attached hydrogen (secondary N) is 1. The van der Waals surface area contributed by atoms with E-state index in [2.05, 4.69) is 26.2 Å². The van der Waals surface area contributed by atoms with E-state index < -0.39 is 6.04 Å². The van der Waals surface area contributed by atoms with Gasteiger partial charge in [-0.3, -0.25) is 0 Å². The van der Waals surface area contributed by atoms with Crippen LogP contribution in [0.25, 0.3) is 0 Å². The van der Waals surface area contributed by atoms with E-state index in [4.69, 9.17) is 4.74 Å². The van der Waals surface area contributed by atoms with E-state index >= 15 is 0 Å². The number of aromatic nitrogens is 2. The van der Waals surface area contributed by atoms with Gasteiger partial charge in [-0.05, 0) is 31.2 Å². The highest BCUT2D eigenvalue weighted by Gasteiger charge is 2.24. The molecule has 6 heteroatoms. The lowest BCUT2D eigenvalue weighted by Gasteiger charge is -2.18. The SMILES string of the molecule is CCOC(=O)C(Nc1ccc(Br)cc1)c1cncn1C. The summed E-state index contributed by atoms with van der Waals surface area (Å²) < 4.78 is 7.91. The lowest BCUT2D eigenvalue weighted by Crippen LogP contribution is -2.25. The Morgan fingerprint density at radius 3 is 2.70 bits per heavy atom. The Bertz CT molecular complexity index is 580. The average molecular weight is 338 g/mol. The highest BCUT2D eigenvalue weighted by Crippen LogP contribution is 2.22. The van der Waals surface area contributed by atoms with Gasteiger partial charge in [-0.1, -0.05) is 15.9 Å². The molecule has 2 aromatic rings. The quantitative estimate of drug-likeness (QED) is 0.852. The number of ether oxygens (including phenoxy) is 1. The Labute approximate surface area is 126 Å². The van der Waals surface area contributed by atoms with E-state index in [1.807, 2.05) is 31.3 Å². The molecule has 0 amide bonds. The van der Waals surface area contributed by atoms with Crippen LogP contribution in [-0.2, 0) is 16.6 Å². The summed E-state index contributed by atoms with van der Waals surface area (Å²) >= 11 is 3.38. The molecule has 2 rings (SSSR count). The third kappa shape index (κ3) is 3.39. The Morgan fingerprint density at radius 2 is 2.15 bits per heavy atom. The van der Waals surface area contributed by atoms with Crippen molar-refractivity contribution in [2.75, 3.05) is 11.9 Å². The number of rotatable bonds is 5. The van der Waals surface area contributed by atoms with Crippen molar-refractivity contribution in [1.82, 2.24) is 9.55 Å². The van der Waals surface area contributed by atoms with E-state index in [9.17, 15) is 4.79 Å². The van der Waals surface area contributed by atoms with Crippen molar-refractivity contribution < 1.29 is 9.53 Å². The van der Waals surface area contributed by atoms with Crippen LogP contribution < -0.4 is 5.32 Å². The second kappa shape index (κ2) is 6.56. The molecule has 1 aromatic heterocycles. The van der Waals surface area contributed by atoms with Crippen LogP contribution in [0.1, 0.15) is 18.7 Å². The first-order chi connectivity index (χ1) is 9.61. The summed E-state index contributed by atoms with van der Waals surface area (Å²) in [5.74, 6) is -0.320. The lowest BCUT2D eigenvalue weighted by atomic mass is 10.2. The van der Waals surface area contributed by atoms with E-state index in [0.29, 0.717) is 6.61 Å². The molecule has 0 aliphatic carbocycles. The zero-order valence-electron chi connectivity index (χ0n) is 11.3. The summed E-state index contributed by atoms with van der Waals surface area (Å²) in [6.45, 7) is 2.13. The van der Waals surface area contributed by atoms with Gasteiger partial charge >= 0.3 is 5.97 Å². The van der Waals surface area contributed by atoms with Crippen molar-refractivity contribution in [2.45, 2.75) is 13.0 Å². The van der Waals surface area contributed by atoms with Gasteiger partial charge in [-0.2, -0.15) is 0 Å². The van der Waals surface area contributed by atoms with Crippen LogP contribution in [0.5, 0.6) is 0 Å². The van der Waals surface area contributed by atoms with Crippen molar-refractivity contribution in [3.8, 4) is 0 Å². The summed E-state index contributed by atoms with van der Waals surface area (Å²) in [7, 11) is 1.85. The Balaban J connectivity index is 2.25. The molecule has 0 spiro atoms. The van der Waals surface area contributed by atoms with Crippen LogP contribution in [0.3, 0.4) is 0 Å². The third-order valence-electron chi connectivity index (χ3n) is 2.83. The van der Waals surface area contributed by atoms with Crippen molar-refractivity contribution >= 4 is 27.6 Å². The van der Waals surface area contributed by atoms with E-state index in [-0.39, 0.29) is 5.97 Å². The predicted octanol–water partition coefficient (Wildman–Crippen LogP) is 2.90. The number of benzene rings is 1. The number of aryl methyl sites for hydroxylation is 1. The maximum absolute atomic E-state index is 12.1. The third-order valence-corrected chi connectivity index (χ3v) is 3.36. The Morgan fingerprint density at radius 1 is 1.45 bits per heavy atom. The molecule has 0 saturated carbocycles. The standard InChI is InChI=1S/C14H16BrN3O2/c1-3-20-14(19)13(12-8-16-9-18(12)2)17-11-6-4-10(15)5-7-11/h4-9,13,17H,3H2,1-2H3. The summed E-state index contributed by atoms with van der Waals surface area (Å²) in [5, 5.41) is 3.18. The first-order valence-electron chi connectivity index (χ1n) is 6.26. The fourth-order valence-electron chi connectivity index (χ4n) is 1.84. The van der Waals surface area contributed by atoms with Crippen LogP contribution in [0.15, 0.2) is 41.3 Å². The average Bonchev–Trinajstić information content (AvgIpc) is 2.84. The maximum Gasteiger partial charge on any atom is 0.334 e. The molecule has 0 saturated heterocycles. The van der Waals surface area contributed by atoms with Crippen LogP contribution in [0.2, 0.25) is 0 Å². The number of carbonyl (C=O) groups excluding carboxylic acids is 1. The van der Waals surface area contributed by atoms with Gasteiger partial charge in [-0.25, -0.2) is 9.78 Å². The molecule has 0 fully saturated rings. The number of hydrogen-bond acceptors (Lipinski definition) is 4. The predicted molar refractivity (Wildman–Crippen MR) is 80.3 cm³/mol. The summed E-state index contributed by atoms with van der Waals surface area (Å²) in [6, 6.07) is 7.03. The van der Waals surface area contributed by atoms with E-state index in [0.717, 1.165) is 15.9 Å². The van der Waals surface area contributed by atoms with Crippen LogP contribution in [-0.4, -0.2) is 22.1 Å². The highest BCUT2D eigenvalue weighted by molar-refractivity contribution is 9.10. The van der Waals surface area contributed by atoms with Crippen molar-refractivity contribution in [2.24, 2.45) is 7.05 Å². The normalized spacial score (nSPS) is 11.9. The lowest BCUT2D eigenvalue weighted by molar-refractivity contribution is -0.144. The fraction of sp³-hybridized carbons (Fsp3) is 0.286. The zero-order valence-corrected chi connectivity index (χ0v) is 12.9. The molecule has 0 aliphatic heterocycles. The van der Waals surface area contributed by atoms with Crippen molar-refractivity contribution in [3.05, 3.63) is 47.0 Å². The van der Waals surface area contributed by atoms with Gasteiger partial charge in [0.2, 0.25) is 0 Å². The minimum atomic E-state index is -0.580. The van der Waals surface area contributed by atoms with Crippen molar-refractivity contribution in [3.63, 3.8) is 0 Å². The number of carbonyl (C=O) groups is 1. The zero-order chi connectivity index (χ0) is 14.5. The summed E-state index contributed by atoms with van der Waals surface area (Å²) in [6.07, 6.45) is 3.32. The molecular weight excluding hydrogens is 322 g/mol. The molecule has 0 bridgehead atoms. The number of nitrogens with zero attached hydrogens (tertiary/aromatic N) is 2. The molecule has 1 aromatic carbocycles. The largest absolute Gasteiger partial charge is 0.464 e. The molecule has 1 atom stereocenters. The molecule has 1 heterocycles. The monoisotopic (exact) mass is 337 g/mol. The topological polar surface area (TPSA) is 56.1 Å². The number of halogens is 1. The van der Waals surface area contributed by atoms with Gasteiger partial charge in [0.15, 0.2) is 6.04 Å². The first-order valence-corrected chi connectivity index (χ1v) is 7.06. The second-order valence-corrected chi connectivity index (χ2v) is 5.18. The molecule has 0 aliphatic rings. The van der Waals surface area contributed by atoms with Gasteiger partial charge in [0.05, 0.1) is 24.8 Å². The Hall–Kier alpha value is -1.82. The van der Waals surface area contributed by atoms with E-state index in [1.165, 1.54) is 0 Å². The van der Waals surface area contributed by atoms with Gasteiger partial charge in [0.1, 0.15) is 0 Å². The van der Waals surface area contributed by atoms with Gasteiger partial charge in [0, 0.05) is 17.2 Å². The van der Waals surface area contributed by atoms with Crippen LogP contribution in [0, 0.1) is 0 Å². The number of anilines is 1. The minimum Gasteiger partial charge on any atom is -0.464 e. The molecule has 1 N–H and O–H groups in total. The molecule has 0 radical (unpaired) electrons. The molecule has 5 nitrogen and oxygen atoms in total. The highest BCUT2D eigenvalue weighted by atomic mass is 79.9. The fourth-order valence-corrected chi connectivity index (χ4v) is 2.10. The van der Waals surface area contributed by atoms with Crippen LogP contribution in [0.4, 0.5) is 5.69 Å². The smallest absolute Gasteiger partial charge is 0.334 e. The van der Waals surface area contributed by atoms with Crippen LogP contribution >= 0.6 is 15.9 Å². The maximum atomic E-state index is 12.1. The van der Waals surface area contributed by atoms with Gasteiger partial charge in [0.25, 0.3) is 0 Å². The van der Waals surface area contributed by atoms with E-state index in [1.54, 1.807) is 24.0 Å². The molecule has 20 heavy (non-hydrogen) atoms. The molecule has 1 unspecified atom stereocenters. The second-order valence-electron chi connectivity index (χ2n) is 4.27. The number of imidazole rings is 1. The number of hydrogen-bond donors (Lipinski definition) is 1. The summed E-state index contributed by atoms with van der Waals surface area (Å²) in [5.41, 5.74) is 1.60. The van der Waals surface area contributed by atoms with Crippen molar-refractivity contribution in [1.29, 1.82) is 0 Å². The molecule has 106 valence electrons.